The third-order valence-corrected chi connectivity index (χ3v) is 3.45. The van der Waals surface area contributed by atoms with Gasteiger partial charge in [-0.3, -0.25) is 4.79 Å². The van der Waals surface area contributed by atoms with Gasteiger partial charge in [-0.1, -0.05) is 0 Å². The van der Waals surface area contributed by atoms with Gasteiger partial charge in [0.2, 0.25) is 0 Å². The van der Waals surface area contributed by atoms with Crippen molar-refractivity contribution in [3.63, 3.8) is 0 Å². The molecule has 0 aromatic carbocycles. The average Bonchev–Trinajstić information content (AvgIpc) is 3.05. The van der Waals surface area contributed by atoms with Crippen molar-refractivity contribution in [2.24, 2.45) is 5.92 Å². The van der Waals surface area contributed by atoms with E-state index in [0.717, 1.165) is 6.54 Å². The van der Waals surface area contributed by atoms with Crippen LogP contribution in [0.2, 0.25) is 0 Å². The number of nitrogens with zero attached hydrogens (tertiary/aromatic N) is 1. The Labute approximate surface area is 115 Å². The maximum atomic E-state index is 12.3. The van der Waals surface area contributed by atoms with Gasteiger partial charge in [-0.25, -0.2) is 4.79 Å². The number of aliphatic carboxylic acids is 1. The van der Waals surface area contributed by atoms with E-state index in [0.29, 0.717) is 12.3 Å². The molecule has 1 aliphatic carbocycles. The fourth-order valence-corrected chi connectivity index (χ4v) is 1.95. The molecule has 2 N–H and O–H groups in total. The number of carbonyl (C=O) groups is 2. The molecule has 0 saturated heterocycles. The molecule has 0 atom stereocenters. The van der Waals surface area contributed by atoms with E-state index >= 15 is 0 Å². The van der Waals surface area contributed by atoms with Crippen LogP contribution in [-0.4, -0.2) is 40.1 Å². The largest absolute Gasteiger partial charge is 0.481 e. The Morgan fingerprint density at radius 2 is 1.95 bits per heavy atom. The van der Waals surface area contributed by atoms with Gasteiger partial charge in [0.15, 0.2) is 0 Å². The quantitative estimate of drug-likeness (QED) is 0.746. The molecular weight excluding hydrogens is 244 g/mol. The second-order valence-corrected chi connectivity index (χ2v) is 6.40. The summed E-state index contributed by atoms with van der Waals surface area (Å²) in [6.45, 7) is 8.55. The van der Waals surface area contributed by atoms with Crippen LogP contribution in [0, 0.1) is 5.92 Å². The van der Waals surface area contributed by atoms with E-state index in [1.807, 2.05) is 32.6 Å². The van der Waals surface area contributed by atoms with Gasteiger partial charge < -0.3 is 15.3 Å². The molecule has 1 aliphatic rings. The Morgan fingerprint density at radius 3 is 2.37 bits per heavy atom. The van der Waals surface area contributed by atoms with Crippen molar-refractivity contribution < 1.29 is 14.7 Å². The molecule has 0 spiro atoms. The smallest absolute Gasteiger partial charge is 0.318 e. The second-order valence-electron chi connectivity index (χ2n) is 6.40. The standard InChI is InChI=1S/C14H26N2O3/c1-10(2)16(9-11-5-6-11)13(19)15-14(3,4)8-7-12(17)18/h10-11H,5-9H2,1-4H3,(H,15,19)(H,17,18). The zero-order chi connectivity index (χ0) is 14.6. The van der Waals surface area contributed by atoms with E-state index in [1.54, 1.807) is 0 Å². The lowest BCUT2D eigenvalue weighted by molar-refractivity contribution is -0.137. The molecule has 0 aromatic rings. The van der Waals surface area contributed by atoms with E-state index in [4.69, 9.17) is 5.11 Å². The van der Waals surface area contributed by atoms with Crippen molar-refractivity contribution in [2.75, 3.05) is 6.54 Å². The third-order valence-electron chi connectivity index (χ3n) is 3.45. The summed E-state index contributed by atoms with van der Waals surface area (Å²) in [7, 11) is 0. The number of carboxylic acid groups (broad SMARTS) is 1. The summed E-state index contributed by atoms with van der Waals surface area (Å²) in [5.74, 6) is -0.184. The number of urea groups is 1. The number of hydrogen-bond acceptors (Lipinski definition) is 2. The van der Waals surface area contributed by atoms with Crippen LogP contribution in [0.5, 0.6) is 0 Å². The van der Waals surface area contributed by atoms with Crippen LogP contribution in [0.4, 0.5) is 4.79 Å². The average molecular weight is 270 g/mol. The van der Waals surface area contributed by atoms with Gasteiger partial charge >= 0.3 is 12.0 Å². The predicted molar refractivity (Wildman–Crippen MR) is 74.0 cm³/mol. The molecule has 1 rings (SSSR count). The van der Waals surface area contributed by atoms with E-state index in [-0.39, 0.29) is 18.5 Å². The highest BCUT2D eigenvalue weighted by Crippen LogP contribution is 2.30. The molecule has 19 heavy (non-hydrogen) atoms. The van der Waals surface area contributed by atoms with Crippen LogP contribution < -0.4 is 5.32 Å². The topological polar surface area (TPSA) is 69.6 Å². The predicted octanol–water partition coefficient (Wildman–Crippen LogP) is 2.46. The zero-order valence-corrected chi connectivity index (χ0v) is 12.4. The molecule has 0 unspecified atom stereocenters. The van der Waals surface area contributed by atoms with Crippen molar-refractivity contribution in [1.29, 1.82) is 0 Å². The minimum absolute atomic E-state index is 0.0670. The molecular formula is C14H26N2O3. The maximum absolute atomic E-state index is 12.3. The van der Waals surface area contributed by atoms with Crippen LogP contribution in [0.3, 0.4) is 0 Å². The van der Waals surface area contributed by atoms with E-state index in [1.165, 1.54) is 12.8 Å². The highest BCUT2D eigenvalue weighted by molar-refractivity contribution is 5.75. The van der Waals surface area contributed by atoms with Gasteiger partial charge in [-0.2, -0.15) is 0 Å². The van der Waals surface area contributed by atoms with Crippen LogP contribution >= 0.6 is 0 Å². The van der Waals surface area contributed by atoms with Gasteiger partial charge in [-0.05, 0) is 52.9 Å². The Hall–Kier alpha value is -1.26. The summed E-state index contributed by atoms with van der Waals surface area (Å²) in [5.41, 5.74) is -0.494. The number of rotatable bonds is 7. The minimum Gasteiger partial charge on any atom is -0.481 e. The summed E-state index contributed by atoms with van der Waals surface area (Å²) in [4.78, 5) is 24.7. The Kier molecular flexibility index (Phi) is 5.20. The molecule has 2 amide bonds. The normalized spacial score (nSPS) is 15.4. The number of hydrogen-bond donors (Lipinski definition) is 2. The number of nitrogens with one attached hydrogen (secondary N) is 1. The first-order valence-electron chi connectivity index (χ1n) is 7.02. The van der Waals surface area contributed by atoms with Gasteiger partial charge in [0, 0.05) is 24.5 Å². The Morgan fingerprint density at radius 1 is 1.37 bits per heavy atom. The lowest BCUT2D eigenvalue weighted by atomic mass is 9.98. The van der Waals surface area contributed by atoms with Crippen molar-refractivity contribution in [2.45, 2.75) is 65.0 Å². The van der Waals surface area contributed by atoms with Crippen LogP contribution in [0.25, 0.3) is 0 Å². The summed E-state index contributed by atoms with van der Waals surface area (Å²) >= 11 is 0. The van der Waals surface area contributed by atoms with Crippen molar-refractivity contribution >= 4 is 12.0 Å². The number of carbonyl (C=O) groups excluding carboxylic acids is 1. The van der Waals surface area contributed by atoms with E-state index in [9.17, 15) is 9.59 Å². The minimum atomic E-state index is -0.832. The van der Waals surface area contributed by atoms with Crippen molar-refractivity contribution in [3.8, 4) is 0 Å². The van der Waals surface area contributed by atoms with Gasteiger partial charge in [0.1, 0.15) is 0 Å². The lowest BCUT2D eigenvalue weighted by Crippen LogP contribution is -2.52. The van der Waals surface area contributed by atoms with Gasteiger partial charge in [0.25, 0.3) is 0 Å². The molecule has 5 nitrogen and oxygen atoms in total. The molecule has 5 heteroatoms. The fourth-order valence-electron chi connectivity index (χ4n) is 1.95. The molecule has 0 bridgehead atoms. The molecule has 0 heterocycles. The Balaban J connectivity index is 2.51. The van der Waals surface area contributed by atoms with Crippen molar-refractivity contribution in [1.82, 2.24) is 10.2 Å². The summed E-state index contributed by atoms with van der Waals surface area (Å²) in [5, 5.41) is 11.7. The highest BCUT2D eigenvalue weighted by Gasteiger charge is 2.30. The number of amides is 2. The van der Waals surface area contributed by atoms with Crippen LogP contribution in [0.1, 0.15) is 53.4 Å². The molecule has 0 aromatic heterocycles. The van der Waals surface area contributed by atoms with Crippen LogP contribution in [-0.2, 0) is 4.79 Å². The second kappa shape index (κ2) is 6.26. The Bertz CT molecular complexity index is 336. The van der Waals surface area contributed by atoms with Gasteiger partial charge in [-0.15, -0.1) is 0 Å². The van der Waals surface area contributed by atoms with E-state index < -0.39 is 11.5 Å². The monoisotopic (exact) mass is 270 g/mol. The summed E-state index contributed by atoms with van der Waals surface area (Å²) < 4.78 is 0. The third kappa shape index (κ3) is 5.94. The fraction of sp³-hybridized carbons (Fsp3) is 0.857. The van der Waals surface area contributed by atoms with Gasteiger partial charge in [0.05, 0.1) is 0 Å². The molecule has 0 radical (unpaired) electrons. The molecule has 1 saturated carbocycles. The van der Waals surface area contributed by atoms with Crippen LogP contribution in [0.15, 0.2) is 0 Å². The highest BCUT2D eigenvalue weighted by atomic mass is 16.4. The van der Waals surface area contributed by atoms with E-state index in [2.05, 4.69) is 5.32 Å². The molecule has 1 fully saturated rings. The summed E-state index contributed by atoms with van der Waals surface area (Å²) in [6.07, 6.45) is 2.92. The number of carboxylic acids is 1. The zero-order valence-electron chi connectivity index (χ0n) is 12.4. The van der Waals surface area contributed by atoms with Crippen molar-refractivity contribution in [3.05, 3.63) is 0 Å². The summed E-state index contributed by atoms with van der Waals surface area (Å²) in [6, 6.07) is 0.0770. The first-order valence-corrected chi connectivity index (χ1v) is 7.02. The first kappa shape index (κ1) is 15.8. The molecule has 110 valence electrons. The first-order chi connectivity index (χ1) is 8.71. The lowest BCUT2D eigenvalue weighted by Gasteiger charge is -2.33. The SMILES string of the molecule is CC(C)N(CC1CC1)C(=O)NC(C)(C)CCC(=O)O. The molecule has 0 aliphatic heterocycles. The maximum Gasteiger partial charge on any atom is 0.318 e.